The summed E-state index contributed by atoms with van der Waals surface area (Å²) in [5.74, 6) is 0. The Morgan fingerprint density at radius 3 is 2.77 bits per heavy atom. The summed E-state index contributed by atoms with van der Waals surface area (Å²) >= 11 is 0. The molecule has 0 bridgehead atoms. The normalized spacial score (nSPS) is 12.3. The zero-order valence-corrected chi connectivity index (χ0v) is 13.5. The number of anilines is 1. The molecule has 0 saturated heterocycles. The van der Waals surface area contributed by atoms with Crippen LogP contribution in [-0.2, 0) is 17.3 Å². The van der Waals surface area contributed by atoms with Gasteiger partial charge in [-0.3, -0.25) is 9.19 Å². The van der Waals surface area contributed by atoms with E-state index in [2.05, 4.69) is 34.6 Å². The van der Waals surface area contributed by atoms with Crippen LogP contribution < -0.4 is 5.32 Å². The molecule has 0 fully saturated rings. The van der Waals surface area contributed by atoms with Gasteiger partial charge < -0.3 is 5.32 Å². The van der Waals surface area contributed by atoms with Gasteiger partial charge in [-0.1, -0.05) is 18.2 Å². The van der Waals surface area contributed by atoms with Crippen LogP contribution in [0, 0.1) is 6.92 Å². The minimum absolute atomic E-state index is 0.726. The molecule has 112 valence electrons. The van der Waals surface area contributed by atoms with Gasteiger partial charge in [-0.05, 0) is 48.9 Å². The molecule has 1 N–H and O–H groups in total. The monoisotopic (exact) mass is 310 g/mol. The van der Waals surface area contributed by atoms with Crippen LogP contribution in [0.5, 0.6) is 0 Å². The van der Waals surface area contributed by atoms with Crippen molar-refractivity contribution in [2.24, 2.45) is 0 Å². The lowest BCUT2D eigenvalue weighted by Crippen LogP contribution is -2.00. The minimum Gasteiger partial charge on any atom is -0.381 e. The first-order valence-corrected chi connectivity index (χ1v) is 8.71. The number of pyridine rings is 1. The lowest BCUT2D eigenvalue weighted by atomic mass is 10.1. The van der Waals surface area contributed by atoms with E-state index >= 15 is 0 Å². The predicted molar refractivity (Wildman–Crippen MR) is 92.6 cm³/mol. The van der Waals surface area contributed by atoms with Crippen molar-refractivity contribution in [2.45, 2.75) is 18.4 Å². The maximum Gasteiger partial charge on any atom is 0.0705 e. The summed E-state index contributed by atoms with van der Waals surface area (Å²) in [7, 11) is -0.956. The Morgan fingerprint density at radius 1 is 1.09 bits per heavy atom. The second kappa shape index (κ2) is 6.28. The van der Waals surface area contributed by atoms with Gasteiger partial charge in [-0.25, -0.2) is 0 Å². The van der Waals surface area contributed by atoms with Crippen molar-refractivity contribution in [1.82, 2.24) is 4.98 Å². The highest BCUT2D eigenvalue weighted by Gasteiger charge is 2.01. The maximum absolute atomic E-state index is 11.5. The van der Waals surface area contributed by atoms with Gasteiger partial charge >= 0.3 is 0 Å². The summed E-state index contributed by atoms with van der Waals surface area (Å²) in [4.78, 5) is 5.35. The second-order valence-electron chi connectivity index (χ2n) is 5.32. The third kappa shape index (κ3) is 3.34. The molecule has 3 rings (SSSR count). The Hall–Kier alpha value is -2.20. The molecule has 4 heteroatoms. The summed E-state index contributed by atoms with van der Waals surface area (Å²) in [5, 5.41) is 4.52. The number of aryl methyl sites for hydroxylation is 1. The molecule has 0 unspecified atom stereocenters. The fourth-order valence-corrected chi connectivity index (χ4v) is 2.94. The maximum atomic E-state index is 11.5. The molecule has 0 saturated carbocycles. The van der Waals surface area contributed by atoms with E-state index in [0.29, 0.717) is 0 Å². The quantitative estimate of drug-likeness (QED) is 0.795. The van der Waals surface area contributed by atoms with Crippen molar-refractivity contribution in [3.8, 4) is 0 Å². The van der Waals surface area contributed by atoms with Crippen molar-refractivity contribution in [3.05, 3.63) is 65.9 Å². The molecule has 0 spiro atoms. The highest BCUT2D eigenvalue weighted by Crippen LogP contribution is 2.17. The largest absolute Gasteiger partial charge is 0.381 e. The number of hydrogen-bond donors (Lipinski definition) is 1. The first-order valence-electron chi connectivity index (χ1n) is 7.15. The summed E-state index contributed by atoms with van der Waals surface area (Å²) in [5.41, 5.74) is 4.23. The Bertz CT molecular complexity index is 845. The SMILES string of the molecule is Cc1ccc2cc(CNc3cccc([S@@](C)=O)c3)ccc2n1. The number of aromatic nitrogens is 1. The average molecular weight is 310 g/mol. The van der Waals surface area contributed by atoms with Crippen molar-refractivity contribution in [2.75, 3.05) is 11.6 Å². The lowest BCUT2D eigenvalue weighted by molar-refractivity contribution is 0.687. The zero-order valence-electron chi connectivity index (χ0n) is 12.7. The Kier molecular flexibility index (Phi) is 4.20. The predicted octanol–water partition coefficient (Wildman–Crippen LogP) is 3.89. The summed E-state index contributed by atoms with van der Waals surface area (Å²) < 4.78 is 11.5. The molecule has 22 heavy (non-hydrogen) atoms. The Morgan fingerprint density at radius 2 is 1.95 bits per heavy atom. The van der Waals surface area contributed by atoms with Crippen LogP contribution in [0.15, 0.2) is 59.5 Å². The topological polar surface area (TPSA) is 42.0 Å². The zero-order chi connectivity index (χ0) is 15.5. The van der Waals surface area contributed by atoms with Crippen LogP contribution in [0.1, 0.15) is 11.3 Å². The molecular formula is C18H18N2OS. The molecule has 0 radical (unpaired) electrons. The highest BCUT2D eigenvalue weighted by molar-refractivity contribution is 7.84. The van der Waals surface area contributed by atoms with E-state index in [1.807, 2.05) is 37.3 Å². The molecule has 1 atom stereocenters. The fourth-order valence-electron chi connectivity index (χ4n) is 2.38. The third-order valence-corrected chi connectivity index (χ3v) is 4.47. The van der Waals surface area contributed by atoms with Crippen molar-refractivity contribution in [3.63, 3.8) is 0 Å². The fraction of sp³-hybridized carbons (Fsp3) is 0.167. The van der Waals surface area contributed by atoms with Gasteiger partial charge in [0.2, 0.25) is 0 Å². The number of benzene rings is 2. The van der Waals surface area contributed by atoms with E-state index in [0.717, 1.165) is 33.7 Å². The van der Waals surface area contributed by atoms with Crippen LogP contribution in [0.25, 0.3) is 10.9 Å². The standard InChI is InChI=1S/C18H18N2OS/c1-13-6-8-15-10-14(7-9-18(15)20-13)12-19-16-4-3-5-17(11-16)22(2)21/h3-11,19H,12H2,1-2H3/t22-/m1/s1. The lowest BCUT2D eigenvalue weighted by Gasteiger charge is -2.09. The van der Waals surface area contributed by atoms with Crippen LogP contribution >= 0.6 is 0 Å². The summed E-state index contributed by atoms with van der Waals surface area (Å²) in [6.07, 6.45) is 1.69. The Balaban J connectivity index is 1.77. The number of nitrogens with one attached hydrogen (secondary N) is 1. The molecule has 1 aromatic heterocycles. The van der Waals surface area contributed by atoms with Crippen LogP contribution in [-0.4, -0.2) is 15.4 Å². The molecule has 0 aliphatic heterocycles. The van der Waals surface area contributed by atoms with Crippen LogP contribution in [0.4, 0.5) is 5.69 Å². The minimum atomic E-state index is -0.956. The molecule has 3 nitrogen and oxygen atoms in total. The number of nitrogens with zero attached hydrogens (tertiary/aromatic N) is 1. The summed E-state index contributed by atoms with van der Waals surface area (Å²) in [6.45, 7) is 2.73. The van der Waals surface area contributed by atoms with Gasteiger partial charge in [-0.15, -0.1) is 0 Å². The van der Waals surface area contributed by atoms with Crippen molar-refractivity contribution in [1.29, 1.82) is 0 Å². The molecule has 3 aromatic rings. The molecule has 0 aliphatic rings. The number of rotatable bonds is 4. The smallest absolute Gasteiger partial charge is 0.0705 e. The Labute approximate surface area is 132 Å². The van der Waals surface area contributed by atoms with Gasteiger partial charge in [0.1, 0.15) is 0 Å². The summed E-state index contributed by atoms with van der Waals surface area (Å²) in [6, 6.07) is 18.1. The van der Waals surface area contributed by atoms with Crippen LogP contribution in [0.2, 0.25) is 0 Å². The molecule has 1 heterocycles. The molecule has 0 amide bonds. The number of fused-ring (bicyclic) bond motifs is 1. The van der Waals surface area contributed by atoms with Crippen molar-refractivity contribution >= 4 is 27.4 Å². The van der Waals surface area contributed by atoms with E-state index in [1.165, 1.54) is 5.56 Å². The van der Waals surface area contributed by atoms with E-state index in [1.54, 1.807) is 6.26 Å². The molecule has 0 aliphatic carbocycles. The van der Waals surface area contributed by atoms with E-state index < -0.39 is 10.8 Å². The van der Waals surface area contributed by atoms with E-state index in [4.69, 9.17) is 0 Å². The van der Waals surface area contributed by atoms with Gasteiger partial charge in [0, 0.05) is 45.3 Å². The highest BCUT2D eigenvalue weighted by atomic mass is 32.2. The first-order chi connectivity index (χ1) is 10.6. The third-order valence-electron chi connectivity index (χ3n) is 3.56. The average Bonchev–Trinajstić information content (AvgIpc) is 2.53. The molecular weight excluding hydrogens is 292 g/mol. The molecule has 2 aromatic carbocycles. The van der Waals surface area contributed by atoms with Gasteiger partial charge in [0.05, 0.1) is 5.52 Å². The van der Waals surface area contributed by atoms with Crippen molar-refractivity contribution < 1.29 is 4.21 Å². The van der Waals surface area contributed by atoms with Gasteiger partial charge in [0.25, 0.3) is 0 Å². The van der Waals surface area contributed by atoms with Gasteiger partial charge in [-0.2, -0.15) is 0 Å². The van der Waals surface area contributed by atoms with E-state index in [-0.39, 0.29) is 0 Å². The van der Waals surface area contributed by atoms with Gasteiger partial charge in [0.15, 0.2) is 0 Å². The second-order valence-corrected chi connectivity index (χ2v) is 6.69. The first kappa shape index (κ1) is 14.7. The van der Waals surface area contributed by atoms with E-state index in [9.17, 15) is 4.21 Å². The van der Waals surface area contributed by atoms with Crippen LogP contribution in [0.3, 0.4) is 0 Å². The number of hydrogen-bond acceptors (Lipinski definition) is 3.